The van der Waals surface area contributed by atoms with Crippen LogP contribution in [0.3, 0.4) is 0 Å². The largest absolute Gasteiger partial charge is 0.395 e. The van der Waals surface area contributed by atoms with Crippen LogP contribution in [-0.2, 0) is 11.3 Å². The topological polar surface area (TPSA) is 47.0 Å². The van der Waals surface area contributed by atoms with Crippen molar-refractivity contribution >= 4 is 17.2 Å². The summed E-state index contributed by atoms with van der Waals surface area (Å²) < 4.78 is 0. The van der Waals surface area contributed by atoms with E-state index in [1.54, 1.807) is 11.3 Å². The van der Waals surface area contributed by atoms with Crippen LogP contribution in [0, 0.1) is 12.8 Å². The van der Waals surface area contributed by atoms with Gasteiger partial charge < -0.3 is 19.8 Å². The summed E-state index contributed by atoms with van der Waals surface area (Å²) in [6.07, 6.45) is 1.95. The smallest absolute Gasteiger partial charge is 0.227 e. The Morgan fingerprint density at radius 2 is 2.08 bits per heavy atom. The molecule has 1 aliphatic heterocycles. The van der Waals surface area contributed by atoms with E-state index in [0.717, 1.165) is 25.9 Å². The molecule has 1 fully saturated rings. The molecule has 1 aromatic heterocycles. The summed E-state index contributed by atoms with van der Waals surface area (Å²) in [6.45, 7) is 4.91. The maximum absolute atomic E-state index is 13.1. The Morgan fingerprint density at radius 3 is 2.67 bits per heavy atom. The first-order chi connectivity index (χ1) is 11.4. The Bertz CT molecular complexity index is 532. The van der Waals surface area contributed by atoms with E-state index in [1.165, 1.54) is 9.75 Å². The Morgan fingerprint density at radius 1 is 1.33 bits per heavy atom. The number of hydrogen-bond acceptors (Lipinski definition) is 5. The summed E-state index contributed by atoms with van der Waals surface area (Å²) in [5, 5.41) is 9.38. The van der Waals surface area contributed by atoms with Crippen molar-refractivity contribution in [1.82, 2.24) is 14.7 Å². The van der Waals surface area contributed by atoms with E-state index >= 15 is 0 Å². The lowest BCUT2D eigenvalue weighted by Gasteiger charge is -2.27. The molecular weight excluding hydrogens is 322 g/mol. The van der Waals surface area contributed by atoms with E-state index in [9.17, 15) is 9.90 Å². The van der Waals surface area contributed by atoms with Gasteiger partial charge in [0.05, 0.1) is 19.1 Å². The van der Waals surface area contributed by atoms with Crippen LogP contribution in [-0.4, -0.2) is 79.1 Å². The highest BCUT2D eigenvalue weighted by molar-refractivity contribution is 7.11. The predicted molar refractivity (Wildman–Crippen MR) is 99.3 cm³/mol. The monoisotopic (exact) mass is 353 g/mol. The summed E-state index contributed by atoms with van der Waals surface area (Å²) >= 11 is 1.72. The minimum absolute atomic E-state index is 0.0129. The van der Waals surface area contributed by atoms with Gasteiger partial charge in [-0.05, 0) is 53.0 Å². The quantitative estimate of drug-likeness (QED) is 0.845. The molecule has 2 rings (SSSR count). The minimum Gasteiger partial charge on any atom is -0.395 e. The number of carbonyl (C=O) groups is 1. The third kappa shape index (κ3) is 5.28. The molecule has 0 spiro atoms. The molecule has 0 aromatic carbocycles. The van der Waals surface area contributed by atoms with Gasteiger partial charge in [0.2, 0.25) is 5.91 Å². The number of thiophene rings is 1. The van der Waals surface area contributed by atoms with Crippen LogP contribution in [0.15, 0.2) is 12.1 Å². The first-order valence-electron chi connectivity index (χ1n) is 8.70. The van der Waals surface area contributed by atoms with Crippen molar-refractivity contribution in [2.24, 2.45) is 5.92 Å². The SMILES string of the molecule is Cc1ccc(CN(CCO)C(=O)[C@@H]2CC[C@H](N(C)C)CN(C)C2)s1. The number of carbonyl (C=O) groups excluding carboxylic acids is 1. The predicted octanol–water partition coefficient (Wildman–Crippen LogP) is 1.65. The van der Waals surface area contributed by atoms with Crippen molar-refractivity contribution in [3.63, 3.8) is 0 Å². The molecule has 136 valence electrons. The molecule has 0 radical (unpaired) electrons. The van der Waals surface area contributed by atoms with Gasteiger partial charge in [0, 0.05) is 35.4 Å². The zero-order valence-corrected chi connectivity index (χ0v) is 16.2. The number of hydrogen-bond donors (Lipinski definition) is 1. The summed E-state index contributed by atoms with van der Waals surface area (Å²) in [5.41, 5.74) is 0. The van der Waals surface area contributed by atoms with Crippen molar-refractivity contribution in [3.8, 4) is 0 Å². The molecular formula is C18H31N3O2S. The summed E-state index contributed by atoms with van der Waals surface area (Å²) in [6, 6.07) is 4.67. The standard InChI is InChI=1S/C18H31N3O2S/c1-14-5-8-17(24-14)13-21(9-10-22)18(23)15-6-7-16(19(2)3)12-20(4)11-15/h5,8,15-16,22H,6-7,9-13H2,1-4H3/t15-,16+/m1/s1. The maximum Gasteiger partial charge on any atom is 0.227 e. The van der Waals surface area contributed by atoms with Gasteiger partial charge in [-0.3, -0.25) is 4.79 Å². The average Bonchev–Trinajstić information content (AvgIpc) is 2.82. The lowest BCUT2D eigenvalue weighted by Crippen LogP contribution is -2.41. The average molecular weight is 354 g/mol. The normalized spacial score (nSPS) is 22.6. The van der Waals surface area contributed by atoms with Gasteiger partial charge in [0.15, 0.2) is 0 Å². The van der Waals surface area contributed by atoms with E-state index in [1.807, 2.05) is 4.90 Å². The Labute approximate surface area is 149 Å². The highest BCUT2D eigenvalue weighted by Gasteiger charge is 2.30. The fourth-order valence-corrected chi connectivity index (χ4v) is 4.32. The van der Waals surface area contributed by atoms with Gasteiger partial charge in [0.25, 0.3) is 0 Å². The van der Waals surface area contributed by atoms with Gasteiger partial charge in [-0.15, -0.1) is 11.3 Å². The summed E-state index contributed by atoms with van der Waals surface area (Å²) in [5.74, 6) is 0.203. The number of aryl methyl sites for hydroxylation is 1. The van der Waals surface area contributed by atoms with Crippen LogP contribution in [0.2, 0.25) is 0 Å². The lowest BCUT2D eigenvalue weighted by atomic mass is 10.00. The van der Waals surface area contributed by atoms with Crippen molar-refractivity contribution in [1.29, 1.82) is 0 Å². The van der Waals surface area contributed by atoms with Crippen LogP contribution in [0.5, 0.6) is 0 Å². The van der Waals surface area contributed by atoms with Crippen LogP contribution in [0.1, 0.15) is 22.6 Å². The van der Waals surface area contributed by atoms with E-state index in [-0.39, 0.29) is 18.4 Å². The third-order valence-corrected chi connectivity index (χ3v) is 5.79. The Balaban J connectivity index is 2.05. The molecule has 1 saturated heterocycles. The fourth-order valence-electron chi connectivity index (χ4n) is 3.41. The molecule has 24 heavy (non-hydrogen) atoms. The van der Waals surface area contributed by atoms with Crippen molar-refractivity contribution in [3.05, 3.63) is 21.9 Å². The second-order valence-corrected chi connectivity index (χ2v) is 8.48. The Kier molecular flexibility index (Phi) is 7.22. The first kappa shape index (κ1) is 19.4. The minimum atomic E-state index is 0.0129. The molecule has 1 aliphatic rings. The van der Waals surface area contributed by atoms with Crippen LogP contribution < -0.4 is 0 Å². The molecule has 1 aromatic rings. The van der Waals surface area contributed by atoms with E-state index < -0.39 is 0 Å². The van der Waals surface area contributed by atoms with Crippen molar-refractivity contribution in [2.45, 2.75) is 32.4 Å². The molecule has 0 saturated carbocycles. The molecule has 0 bridgehead atoms. The molecule has 0 unspecified atom stereocenters. The van der Waals surface area contributed by atoms with Crippen molar-refractivity contribution in [2.75, 3.05) is 47.4 Å². The lowest BCUT2D eigenvalue weighted by molar-refractivity contribution is -0.137. The van der Waals surface area contributed by atoms with E-state index in [2.05, 4.69) is 50.0 Å². The highest BCUT2D eigenvalue weighted by Crippen LogP contribution is 2.23. The molecule has 1 N–H and O–H groups in total. The van der Waals surface area contributed by atoms with Crippen LogP contribution in [0.25, 0.3) is 0 Å². The van der Waals surface area contributed by atoms with Gasteiger partial charge in [0.1, 0.15) is 0 Å². The molecule has 0 aliphatic carbocycles. The van der Waals surface area contributed by atoms with Crippen LogP contribution >= 0.6 is 11.3 Å². The third-order valence-electron chi connectivity index (χ3n) is 4.81. The summed E-state index contributed by atoms with van der Waals surface area (Å²) in [7, 11) is 6.32. The fraction of sp³-hybridized carbons (Fsp3) is 0.722. The molecule has 6 heteroatoms. The summed E-state index contributed by atoms with van der Waals surface area (Å²) in [4.78, 5) is 21.8. The molecule has 1 amide bonds. The molecule has 2 atom stereocenters. The number of aliphatic hydroxyl groups is 1. The molecule has 2 heterocycles. The highest BCUT2D eigenvalue weighted by atomic mass is 32.1. The van der Waals surface area contributed by atoms with Crippen LogP contribution in [0.4, 0.5) is 0 Å². The number of likely N-dealkylation sites (tertiary alicyclic amines) is 1. The van der Waals surface area contributed by atoms with E-state index in [0.29, 0.717) is 19.1 Å². The molecule has 5 nitrogen and oxygen atoms in total. The van der Waals surface area contributed by atoms with Gasteiger partial charge in [-0.25, -0.2) is 0 Å². The first-order valence-corrected chi connectivity index (χ1v) is 9.52. The number of aliphatic hydroxyl groups excluding tert-OH is 1. The second-order valence-electron chi connectivity index (χ2n) is 7.11. The van der Waals surface area contributed by atoms with Gasteiger partial charge >= 0.3 is 0 Å². The zero-order valence-electron chi connectivity index (χ0n) is 15.4. The number of rotatable bonds is 6. The van der Waals surface area contributed by atoms with E-state index in [4.69, 9.17) is 0 Å². The maximum atomic E-state index is 13.1. The number of amides is 1. The zero-order chi connectivity index (χ0) is 17.7. The number of likely N-dealkylation sites (N-methyl/N-ethyl adjacent to an activating group) is 2. The Hall–Kier alpha value is -0.950. The van der Waals surface area contributed by atoms with Gasteiger partial charge in [-0.1, -0.05) is 0 Å². The number of nitrogens with zero attached hydrogens (tertiary/aromatic N) is 3. The second kappa shape index (κ2) is 8.94. The van der Waals surface area contributed by atoms with Crippen molar-refractivity contribution < 1.29 is 9.90 Å². The van der Waals surface area contributed by atoms with Gasteiger partial charge in [-0.2, -0.15) is 0 Å².